The topological polar surface area (TPSA) is 265 Å². The summed E-state index contributed by atoms with van der Waals surface area (Å²) in [4.78, 5) is 0. The Morgan fingerprint density at radius 1 is 0.310 bits per heavy atom. The van der Waals surface area contributed by atoms with Crippen LogP contribution in [0.1, 0.15) is 0 Å². The standard InChI is InChI=1S/10CH4O.CH4P.2H2O.4Ti.Y/c11*1-2;;;;;;;/h10*2H,1H3;1-2H2;2*1H2;;;;;/q;;;;;;;;;;-1;;;;;;;. The van der Waals surface area contributed by atoms with Crippen molar-refractivity contribution in [2.45, 2.75) is 0 Å². The Balaban J connectivity index is -0.00000000280. The van der Waals surface area contributed by atoms with Gasteiger partial charge >= 0.3 is 0 Å². The fourth-order valence-electron chi connectivity index (χ4n) is 0. The second kappa shape index (κ2) is 1990. The third-order valence-electron chi connectivity index (χ3n) is 0. The predicted molar refractivity (Wildman–Crippen MR) is 104 cm³/mol. The summed E-state index contributed by atoms with van der Waals surface area (Å²) in [7, 11) is 12.2. The Hall–Kier alpha value is 3.91. The van der Waals surface area contributed by atoms with Crippen LogP contribution in [0.3, 0.4) is 0 Å². The van der Waals surface area contributed by atoms with Crippen LogP contribution >= 0.6 is 9.24 Å². The largest absolute Gasteiger partial charge is 0.412 e. The molecule has 0 bridgehead atoms. The molecule has 18 heteroatoms. The van der Waals surface area contributed by atoms with E-state index in [0.717, 1.165) is 71.1 Å². The Bertz CT molecular complexity index is 51.8. The second-order valence-electron chi connectivity index (χ2n) is 0. The van der Waals surface area contributed by atoms with Crippen LogP contribution < -0.4 is 0 Å². The van der Waals surface area contributed by atoms with Crippen molar-refractivity contribution in [1.29, 1.82) is 0 Å². The number of hydrogen-bond donors (Lipinski definition) is 10. The van der Waals surface area contributed by atoms with E-state index in [1.54, 1.807) is 0 Å². The van der Waals surface area contributed by atoms with Crippen molar-refractivity contribution in [3.63, 3.8) is 0 Å². The van der Waals surface area contributed by atoms with Gasteiger partial charge in [0.1, 0.15) is 0 Å². The minimum Gasteiger partial charge on any atom is -0.412 e. The molecule has 0 aromatic heterocycles. The van der Waals surface area contributed by atoms with Gasteiger partial charge in [-0.2, -0.15) is 0 Å². The van der Waals surface area contributed by atoms with Gasteiger partial charge in [-0.05, 0) is 0 Å². The molecule has 12 nitrogen and oxygen atoms in total. The molecule has 0 fully saturated rings. The van der Waals surface area contributed by atoms with Crippen LogP contribution in [0.15, 0.2) is 0 Å². The molecule has 0 saturated carbocycles. The molecule has 0 aromatic carbocycles. The molecule has 0 aliphatic heterocycles. The van der Waals surface area contributed by atoms with Gasteiger partial charge in [0.2, 0.25) is 0 Å². The molecule has 1 unspecified atom stereocenters. The van der Waals surface area contributed by atoms with Crippen molar-refractivity contribution in [3.8, 4) is 0 Å². The Morgan fingerprint density at radius 2 is 0.310 bits per heavy atom. The van der Waals surface area contributed by atoms with Crippen LogP contribution in [0.25, 0.3) is 0 Å². The first-order chi connectivity index (χ1) is 11.0. The van der Waals surface area contributed by atoms with Gasteiger partial charge in [0.15, 0.2) is 0 Å². The minimum atomic E-state index is 0. The third kappa shape index (κ3) is 1870. The summed E-state index contributed by atoms with van der Waals surface area (Å²) in [5, 5.41) is 70.0. The number of rotatable bonds is 0. The van der Waals surface area contributed by atoms with Gasteiger partial charge in [-0.3, -0.25) is 0 Å². The molecule has 0 aliphatic carbocycles. The van der Waals surface area contributed by atoms with Gasteiger partial charge in [0.25, 0.3) is 0 Å². The van der Waals surface area contributed by atoms with E-state index in [2.05, 4.69) is 15.9 Å². The fraction of sp³-hybridized carbons (Fsp3) is 0.909. The van der Waals surface area contributed by atoms with Gasteiger partial charge in [0.05, 0.1) is 0 Å². The third-order valence-corrected chi connectivity index (χ3v) is 0. The van der Waals surface area contributed by atoms with Crippen LogP contribution in [-0.2, 0) is 120 Å². The van der Waals surface area contributed by atoms with Gasteiger partial charge < -0.3 is 77.9 Å². The first-order valence-corrected chi connectivity index (χ1v) is 5.70. The van der Waals surface area contributed by atoms with E-state index in [1.807, 2.05) is 0 Å². The maximum atomic E-state index is 7.00. The van der Waals surface area contributed by atoms with Crippen molar-refractivity contribution in [3.05, 3.63) is 6.66 Å². The molecule has 0 rings (SSSR count). The maximum absolute atomic E-state index is 7.00. The Labute approximate surface area is 265 Å². The summed E-state index contributed by atoms with van der Waals surface area (Å²) >= 11 is 0. The molecule has 29 heavy (non-hydrogen) atoms. The van der Waals surface area contributed by atoms with E-state index >= 15 is 0 Å². The quantitative estimate of drug-likeness (QED) is 0.0661. The van der Waals surface area contributed by atoms with Gasteiger partial charge in [-0.25, -0.2) is 0 Å². The van der Waals surface area contributed by atoms with E-state index < -0.39 is 0 Å². The average Bonchev–Trinajstić information content (AvgIpc) is 2.78. The zero-order valence-corrected chi connectivity index (χ0v) is 29.6. The second-order valence-corrected chi connectivity index (χ2v) is 0. The SMILES string of the molecule is CO.CO.CO.CO.CO.CO.CO.CO.CO.CO.O.O.[CH2-]P.[Ti].[Ti].[Ti].[Ti].[Y]. The minimum absolute atomic E-state index is 0. The molecule has 0 spiro atoms. The zero-order chi connectivity index (χ0) is 22.0. The molecular weight excluding hydrogens is 635 g/mol. The summed E-state index contributed by atoms with van der Waals surface area (Å²) in [6.45, 7) is 3.17. The molecule has 0 heterocycles. The van der Waals surface area contributed by atoms with E-state index in [0.29, 0.717) is 0 Å². The van der Waals surface area contributed by atoms with E-state index in [9.17, 15) is 0 Å². The van der Waals surface area contributed by atoms with Crippen molar-refractivity contribution < 1.29 is 182 Å². The first-order valence-electron chi connectivity index (χ1n) is 4.88. The van der Waals surface area contributed by atoms with Gasteiger partial charge in [-0.15, -0.1) is 0 Å². The summed E-state index contributed by atoms with van der Waals surface area (Å²) < 4.78 is 0. The smallest absolute Gasteiger partial charge is 0.0319 e. The van der Waals surface area contributed by atoms with Crippen LogP contribution in [-0.4, -0.2) is 133 Å². The van der Waals surface area contributed by atoms with Crippen molar-refractivity contribution in [2.24, 2.45) is 0 Å². The molecule has 14 N–H and O–H groups in total. The number of aliphatic hydroxyl groups excluding tert-OH is 10. The molecule has 0 amide bonds. The Kier molecular flexibility index (Phi) is 10400. The maximum Gasteiger partial charge on any atom is 0.0319 e. The van der Waals surface area contributed by atoms with Crippen molar-refractivity contribution in [2.75, 3.05) is 71.1 Å². The van der Waals surface area contributed by atoms with Crippen molar-refractivity contribution >= 4 is 9.24 Å². The molecule has 1 radical (unpaired) electrons. The molecule has 1 atom stereocenters. The van der Waals surface area contributed by atoms with Crippen LogP contribution in [0.4, 0.5) is 0 Å². The molecule has 0 saturated heterocycles. The van der Waals surface area contributed by atoms with E-state index in [4.69, 9.17) is 51.1 Å². The van der Waals surface area contributed by atoms with E-state index in [1.165, 1.54) is 0 Å². The zero-order valence-electron chi connectivity index (χ0n) is 19.3. The van der Waals surface area contributed by atoms with Gasteiger partial charge in [-0.1, -0.05) is 0 Å². The average molecular weight is 684 g/mol. The van der Waals surface area contributed by atoms with Crippen LogP contribution in [0, 0.1) is 6.66 Å². The summed E-state index contributed by atoms with van der Waals surface area (Å²) in [5.74, 6) is 0. The Morgan fingerprint density at radius 3 is 0.310 bits per heavy atom. The fourth-order valence-corrected chi connectivity index (χ4v) is 0. The van der Waals surface area contributed by atoms with Crippen LogP contribution in [0.2, 0.25) is 0 Å². The first kappa shape index (κ1) is 151. The number of aliphatic hydroxyl groups is 10. The summed E-state index contributed by atoms with van der Waals surface area (Å²) in [6, 6.07) is 0. The monoisotopic (exact) mass is 684 g/mol. The van der Waals surface area contributed by atoms with Gasteiger partial charge in [0, 0.05) is 191 Å². The molecular formula is C11H48O12PTi4Y-. The number of hydrogen-bond acceptors (Lipinski definition) is 10. The van der Waals surface area contributed by atoms with Crippen LogP contribution in [0.5, 0.6) is 0 Å². The molecule has 0 aliphatic rings. The summed E-state index contributed by atoms with van der Waals surface area (Å²) in [5.41, 5.74) is 0. The van der Waals surface area contributed by atoms with E-state index in [-0.39, 0.29) is 131 Å². The summed E-state index contributed by atoms with van der Waals surface area (Å²) in [6.07, 6.45) is 0. The van der Waals surface area contributed by atoms with Crippen molar-refractivity contribution in [1.82, 2.24) is 0 Å². The molecule has 189 valence electrons. The molecule has 0 aromatic rings. The normalized spacial score (nSPS) is 2.28. The predicted octanol–water partition coefficient (Wildman–Crippen LogP) is -4.92.